The van der Waals surface area contributed by atoms with E-state index < -0.39 is 10.0 Å². The molecule has 0 bridgehead atoms. The Bertz CT molecular complexity index is 752. The normalized spacial score (nSPS) is 11.3. The summed E-state index contributed by atoms with van der Waals surface area (Å²) >= 11 is 0. The molecule has 24 heavy (non-hydrogen) atoms. The summed E-state index contributed by atoms with van der Waals surface area (Å²) in [6.07, 6.45) is 0. The zero-order valence-electron chi connectivity index (χ0n) is 14.3. The number of hydrogen-bond acceptors (Lipinski definition) is 7. The van der Waals surface area contributed by atoms with Gasteiger partial charge in [-0.2, -0.15) is 15.0 Å². The van der Waals surface area contributed by atoms with Crippen molar-refractivity contribution in [2.24, 2.45) is 0 Å². The summed E-state index contributed by atoms with van der Waals surface area (Å²) in [5.41, 5.74) is 0.726. The third-order valence-electron chi connectivity index (χ3n) is 3.11. The van der Waals surface area contributed by atoms with Crippen molar-refractivity contribution in [3.05, 3.63) is 41.7 Å². The van der Waals surface area contributed by atoms with E-state index in [4.69, 9.17) is 0 Å². The van der Waals surface area contributed by atoms with E-state index in [1.165, 1.54) is 0 Å². The molecule has 0 aliphatic rings. The van der Waals surface area contributed by atoms with Crippen LogP contribution in [0.5, 0.6) is 0 Å². The Kier molecular flexibility index (Phi) is 5.68. The second kappa shape index (κ2) is 7.54. The minimum Gasteiger partial charge on any atom is -0.347 e. The zero-order chi connectivity index (χ0) is 17.7. The maximum atomic E-state index is 12.2. The Labute approximate surface area is 142 Å². The topological polar surface area (TPSA) is 91.3 Å². The van der Waals surface area contributed by atoms with Gasteiger partial charge in [-0.05, 0) is 5.56 Å². The van der Waals surface area contributed by atoms with Gasteiger partial charge in [0.25, 0.3) is 0 Å². The molecule has 1 heterocycles. The van der Waals surface area contributed by atoms with E-state index in [2.05, 4.69) is 19.7 Å². The molecule has 130 valence electrons. The Balaban J connectivity index is 2.13. The standard InChI is InChI=1S/C15H22N6O2S/c1-20(2)14-17-13(18-15(19-14)21(3)4)10-16-24(22,23)11-12-8-6-5-7-9-12/h5-9,16H,10-11H2,1-4H3. The first kappa shape index (κ1) is 18.1. The molecule has 1 aromatic heterocycles. The first-order valence-corrected chi connectivity index (χ1v) is 9.03. The van der Waals surface area contributed by atoms with E-state index in [0.717, 1.165) is 5.56 Å². The molecule has 0 saturated carbocycles. The van der Waals surface area contributed by atoms with Gasteiger partial charge in [0.05, 0.1) is 12.3 Å². The lowest BCUT2D eigenvalue weighted by Crippen LogP contribution is -2.27. The average Bonchev–Trinajstić information content (AvgIpc) is 2.53. The van der Waals surface area contributed by atoms with Crippen molar-refractivity contribution >= 4 is 21.9 Å². The molecular formula is C15H22N6O2S. The Morgan fingerprint density at radius 3 is 1.96 bits per heavy atom. The summed E-state index contributed by atoms with van der Waals surface area (Å²) in [6, 6.07) is 9.01. The number of benzene rings is 1. The molecule has 2 aromatic rings. The molecule has 2 rings (SSSR count). The Morgan fingerprint density at radius 2 is 1.46 bits per heavy atom. The van der Waals surface area contributed by atoms with Gasteiger partial charge in [0, 0.05) is 28.2 Å². The van der Waals surface area contributed by atoms with Crippen LogP contribution in [0.25, 0.3) is 0 Å². The van der Waals surface area contributed by atoms with Crippen LogP contribution in [0.1, 0.15) is 11.4 Å². The Hall–Kier alpha value is -2.26. The Morgan fingerprint density at radius 1 is 0.917 bits per heavy atom. The van der Waals surface area contributed by atoms with Crippen LogP contribution in [0.15, 0.2) is 30.3 Å². The minimum atomic E-state index is -3.48. The smallest absolute Gasteiger partial charge is 0.229 e. The van der Waals surface area contributed by atoms with E-state index in [0.29, 0.717) is 17.7 Å². The van der Waals surface area contributed by atoms with Gasteiger partial charge in [-0.3, -0.25) is 0 Å². The SMILES string of the molecule is CN(C)c1nc(CNS(=O)(=O)Cc2ccccc2)nc(N(C)C)n1. The third kappa shape index (κ3) is 5.14. The highest BCUT2D eigenvalue weighted by molar-refractivity contribution is 7.88. The quantitative estimate of drug-likeness (QED) is 0.783. The maximum Gasteiger partial charge on any atom is 0.229 e. The second-order valence-electron chi connectivity index (χ2n) is 5.71. The summed E-state index contributed by atoms with van der Waals surface area (Å²) in [6.45, 7) is 0.0133. The highest BCUT2D eigenvalue weighted by Crippen LogP contribution is 2.11. The van der Waals surface area contributed by atoms with Crippen molar-refractivity contribution in [3.8, 4) is 0 Å². The predicted molar refractivity (Wildman–Crippen MR) is 94.4 cm³/mol. The summed E-state index contributed by atoms with van der Waals surface area (Å²) in [7, 11) is 3.79. The largest absolute Gasteiger partial charge is 0.347 e. The van der Waals surface area contributed by atoms with Gasteiger partial charge >= 0.3 is 0 Å². The van der Waals surface area contributed by atoms with Gasteiger partial charge in [0.1, 0.15) is 0 Å². The van der Waals surface area contributed by atoms with Crippen LogP contribution in [0.4, 0.5) is 11.9 Å². The molecule has 0 spiro atoms. The summed E-state index contributed by atoms with van der Waals surface area (Å²) in [5, 5.41) is 0. The highest BCUT2D eigenvalue weighted by Gasteiger charge is 2.14. The lowest BCUT2D eigenvalue weighted by atomic mass is 10.2. The number of rotatable bonds is 7. The van der Waals surface area contributed by atoms with Crippen molar-refractivity contribution in [1.82, 2.24) is 19.7 Å². The van der Waals surface area contributed by atoms with Gasteiger partial charge < -0.3 is 9.80 Å². The molecule has 0 atom stereocenters. The van der Waals surface area contributed by atoms with Gasteiger partial charge in [-0.1, -0.05) is 30.3 Å². The van der Waals surface area contributed by atoms with Crippen LogP contribution in [-0.4, -0.2) is 51.6 Å². The molecule has 0 saturated heterocycles. The molecular weight excluding hydrogens is 328 g/mol. The first-order valence-electron chi connectivity index (χ1n) is 7.38. The molecule has 1 aromatic carbocycles. The molecule has 9 heteroatoms. The second-order valence-corrected chi connectivity index (χ2v) is 7.51. The van der Waals surface area contributed by atoms with Gasteiger partial charge in [-0.25, -0.2) is 13.1 Å². The summed E-state index contributed by atoms with van der Waals surface area (Å²) < 4.78 is 27.0. The molecule has 0 aliphatic heterocycles. The lowest BCUT2D eigenvalue weighted by molar-refractivity contribution is 0.578. The number of aromatic nitrogens is 3. The van der Waals surface area contributed by atoms with Gasteiger partial charge in [-0.15, -0.1) is 0 Å². The van der Waals surface area contributed by atoms with Crippen LogP contribution in [0, 0.1) is 0 Å². The number of hydrogen-bond donors (Lipinski definition) is 1. The maximum absolute atomic E-state index is 12.2. The van der Waals surface area contributed by atoms with E-state index >= 15 is 0 Å². The number of sulfonamides is 1. The molecule has 0 amide bonds. The molecule has 1 N–H and O–H groups in total. The molecule has 0 fully saturated rings. The van der Waals surface area contributed by atoms with Crippen LogP contribution in [0.2, 0.25) is 0 Å². The van der Waals surface area contributed by atoms with Crippen LogP contribution in [-0.2, 0) is 22.3 Å². The van der Waals surface area contributed by atoms with E-state index in [-0.39, 0.29) is 12.3 Å². The molecule has 0 aliphatic carbocycles. The number of anilines is 2. The van der Waals surface area contributed by atoms with Crippen LogP contribution < -0.4 is 14.5 Å². The van der Waals surface area contributed by atoms with Crippen molar-refractivity contribution in [2.45, 2.75) is 12.3 Å². The molecule has 0 unspecified atom stereocenters. The third-order valence-corrected chi connectivity index (χ3v) is 4.41. The van der Waals surface area contributed by atoms with E-state index in [9.17, 15) is 8.42 Å². The van der Waals surface area contributed by atoms with Gasteiger partial charge in [0.2, 0.25) is 21.9 Å². The fourth-order valence-electron chi connectivity index (χ4n) is 1.89. The fourth-order valence-corrected chi connectivity index (χ4v) is 2.98. The van der Waals surface area contributed by atoms with Crippen molar-refractivity contribution in [3.63, 3.8) is 0 Å². The fraction of sp³-hybridized carbons (Fsp3) is 0.400. The number of nitrogens with zero attached hydrogens (tertiary/aromatic N) is 5. The van der Waals surface area contributed by atoms with Crippen molar-refractivity contribution in [2.75, 3.05) is 38.0 Å². The number of nitrogens with one attached hydrogen (secondary N) is 1. The van der Waals surface area contributed by atoms with Crippen molar-refractivity contribution in [1.29, 1.82) is 0 Å². The minimum absolute atomic E-state index is 0.0133. The van der Waals surface area contributed by atoms with Gasteiger partial charge in [0.15, 0.2) is 5.82 Å². The average molecular weight is 350 g/mol. The van der Waals surface area contributed by atoms with E-state index in [1.54, 1.807) is 21.9 Å². The van der Waals surface area contributed by atoms with Crippen LogP contribution in [0.3, 0.4) is 0 Å². The summed E-state index contributed by atoms with van der Waals surface area (Å²) in [4.78, 5) is 16.3. The lowest BCUT2D eigenvalue weighted by Gasteiger charge is -2.16. The molecule has 8 nitrogen and oxygen atoms in total. The first-order chi connectivity index (χ1) is 11.3. The van der Waals surface area contributed by atoms with Crippen molar-refractivity contribution < 1.29 is 8.42 Å². The highest BCUT2D eigenvalue weighted by atomic mass is 32.2. The van der Waals surface area contributed by atoms with Crippen LogP contribution >= 0.6 is 0 Å². The monoisotopic (exact) mass is 350 g/mol. The molecule has 0 radical (unpaired) electrons. The summed E-state index contributed by atoms with van der Waals surface area (Å²) in [5.74, 6) is 1.24. The zero-order valence-corrected chi connectivity index (χ0v) is 15.1. The predicted octanol–water partition coefficient (Wildman–Crippen LogP) is 0.623. The van der Waals surface area contributed by atoms with E-state index in [1.807, 2.05) is 46.4 Å².